The molecule has 94 valence electrons. The second-order valence-electron chi connectivity index (χ2n) is 5.33. The van der Waals surface area contributed by atoms with Gasteiger partial charge in [-0.25, -0.2) is 0 Å². The van der Waals surface area contributed by atoms with E-state index in [9.17, 15) is 4.79 Å². The summed E-state index contributed by atoms with van der Waals surface area (Å²) in [5, 5.41) is 0. The van der Waals surface area contributed by atoms with Crippen molar-refractivity contribution in [3.05, 3.63) is 30.1 Å². The van der Waals surface area contributed by atoms with Crippen molar-refractivity contribution in [2.45, 2.75) is 34.2 Å². The Morgan fingerprint density at radius 3 is 2.35 bits per heavy atom. The molecule has 0 aliphatic carbocycles. The molecular formula is C14H22N2O. The molecule has 0 atom stereocenters. The molecular weight excluding hydrogens is 212 g/mol. The average molecular weight is 234 g/mol. The molecule has 3 nitrogen and oxygen atoms in total. The summed E-state index contributed by atoms with van der Waals surface area (Å²) in [6.07, 6.45) is 3.57. The number of carbonyl (C=O) groups excluding carboxylic acids is 1. The Hall–Kier alpha value is -1.22. The Labute approximate surface area is 104 Å². The SMILES string of the molecule is CCN(CC(=O)C(C)(C)C)Cc1ccncc1. The van der Waals surface area contributed by atoms with E-state index in [1.807, 2.05) is 32.9 Å². The maximum Gasteiger partial charge on any atom is 0.152 e. The van der Waals surface area contributed by atoms with Gasteiger partial charge in [0.05, 0.1) is 6.54 Å². The molecule has 0 aliphatic rings. The van der Waals surface area contributed by atoms with Gasteiger partial charge in [0.25, 0.3) is 0 Å². The second-order valence-corrected chi connectivity index (χ2v) is 5.33. The van der Waals surface area contributed by atoms with Gasteiger partial charge < -0.3 is 0 Å². The summed E-state index contributed by atoms with van der Waals surface area (Å²) in [5.41, 5.74) is 0.939. The lowest BCUT2D eigenvalue weighted by Crippen LogP contribution is -2.35. The summed E-state index contributed by atoms with van der Waals surface area (Å²) >= 11 is 0. The fourth-order valence-electron chi connectivity index (χ4n) is 1.47. The summed E-state index contributed by atoms with van der Waals surface area (Å²) in [7, 11) is 0. The number of ketones is 1. The van der Waals surface area contributed by atoms with E-state index in [-0.39, 0.29) is 11.2 Å². The molecule has 0 saturated heterocycles. The highest BCUT2D eigenvalue weighted by Crippen LogP contribution is 2.15. The van der Waals surface area contributed by atoms with E-state index in [0.29, 0.717) is 6.54 Å². The van der Waals surface area contributed by atoms with Crippen molar-refractivity contribution in [3.63, 3.8) is 0 Å². The van der Waals surface area contributed by atoms with Crippen LogP contribution in [-0.2, 0) is 11.3 Å². The standard InChI is InChI=1S/C14H22N2O/c1-5-16(11-13(17)14(2,3)4)10-12-6-8-15-9-7-12/h6-9H,5,10-11H2,1-4H3. The van der Waals surface area contributed by atoms with Gasteiger partial charge in [0.15, 0.2) is 5.78 Å². The summed E-state index contributed by atoms with van der Waals surface area (Å²) < 4.78 is 0. The van der Waals surface area contributed by atoms with E-state index in [1.54, 1.807) is 12.4 Å². The molecule has 0 bridgehead atoms. The monoisotopic (exact) mass is 234 g/mol. The van der Waals surface area contributed by atoms with Gasteiger partial charge in [0.2, 0.25) is 0 Å². The molecule has 1 aromatic heterocycles. The van der Waals surface area contributed by atoms with E-state index < -0.39 is 0 Å². The Morgan fingerprint density at radius 2 is 1.88 bits per heavy atom. The number of carbonyl (C=O) groups is 1. The van der Waals surface area contributed by atoms with Gasteiger partial charge in [0, 0.05) is 24.4 Å². The molecule has 0 spiro atoms. The van der Waals surface area contributed by atoms with Crippen LogP contribution >= 0.6 is 0 Å². The molecule has 17 heavy (non-hydrogen) atoms. The maximum absolute atomic E-state index is 12.0. The number of likely N-dealkylation sites (N-methyl/N-ethyl adjacent to an activating group) is 1. The number of aromatic nitrogens is 1. The molecule has 1 aromatic rings. The summed E-state index contributed by atoms with van der Waals surface area (Å²) in [4.78, 5) is 18.1. The van der Waals surface area contributed by atoms with Crippen molar-refractivity contribution in [1.29, 1.82) is 0 Å². The fourth-order valence-corrected chi connectivity index (χ4v) is 1.47. The minimum Gasteiger partial charge on any atom is -0.298 e. The van der Waals surface area contributed by atoms with Crippen molar-refractivity contribution >= 4 is 5.78 Å². The van der Waals surface area contributed by atoms with E-state index in [0.717, 1.165) is 13.1 Å². The summed E-state index contributed by atoms with van der Waals surface area (Å²) in [6, 6.07) is 3.98. The van der Waals surface area contributed by atoms with Crippen LogP contribution in [0.15, 0.2) is 24.5 Å². The number of rotatable bonds is 5. The van der Waals surface area contributed by atoms with Gasteiger partial charge in [-0.05, 0) is 24.2 Å². The Kier molecular flexibility index (Phi) is 4.82. The maximum atomic E-state index is 12.0. The quantitative estimate of drug-likeness (QED) is 0.785. The first-order chi connectivity index (χ1) is 7.93. The minimum absolute atomic E-state index is 0.258. The lowest BCUT2D eigenvalue weighted by Gasteiger charge is -2.24. The van der Waals surface area contributed by atoms with Crippen molar-refractivity contribution in [2.24, 2.45) is 5.41 Å². The first kappa shape index (κ1) is 13.8. The number of Topliss-reactive ketones (excluding diaryl/α,β-unsaturated/α-hetero) is 1. The first-order valence-electron chi connectivity index (χ1n) is 6.08. The van der Waals surface area contributed by atoms with Crippen LogP contribution in [0.2, 0.25) is 0 Å². The van der Waals surface area contributed by atoms with Gasteiger partial charge in [-0.2, -0.15) is 0 Å². The van der Waals surface area contributed by atoms with E-state index >= 15 is 0 Å². The third kappa shape index (κ3) is 4.65. The van der Waals surface area contributed by atoms with E-state index in [4.69, 9.17) is 0 Å². The smallest absolute Gasteiger partial charge is 0.152 e. The normalized spacial score (nSPS) is 11.8. The third-order valence-corrected chi connectivity index (χ3v) is 2.81. The highest BCUT2D eigenvalue weighted by atomic mass is 16.1. The predicted molar refractivity (Wildman–Crippen MR) is 69.7 cm³/mol. The lowest BCUT2D eigenvalue weighted by atomic mass is 9.90. The lowest BCUT2D eigenvalue weighted by molar-refractivity contribution is -0.127. The van der Waals surface area contributed by atoms with Gasteiger partial charge >= 0.3 is 0 Å². The van der Waals surface area contributed by atoms with E-state index in [1.165, 1.54) is 5.56 Å². The zero-order valence-electron chi connectivity index (χ0n) is 11.2. The van der Waals surface area contributed by atoms with Gasteiger partial charge in [0.1, 0.15) is 0 Å². The molecule has 0 amide bonds. The van der Waals surface area contributed by atoms with Gasteiger partial charge in [-0.15, -0.1) is 0 Å². The number of pyridine rings is 1. The summed E-state index contributed by atoms with van der Waals surface area (Å²) in [6.45, 7) is 10.2. The Balaban J connectivity index is 2.59. The molecule has 0 unspecified atom stereocenters. The minimum atomic E-state index is -0.258. The van der Waals surface area contributed by atoms with Crippen LogP contribution in [0.25, 0.3) is 0 Å². The first-order valence-corrected chi connectivity index (χ1v) is 6.08. The van der Waals surface area contributed by atoms with Crippen LogP contribution in [-0.4, -0.2) is 28.8 Å². The Bertz CT molecular complexity index is 354. The molecule has 1 heterocycles. The average Bonchev–Trinajstić information content (AvgIpc) is 2.28. The highest BCUT2D eigenvalue weighted by molar-refractivity contribution is 5.85. The molecule has 3 heteroatoms. The van der Waals surface area contributed by atoms with Crippen molar-refractivity contribution in [1.82, 2.24) is 9.88 Å². The number of nitrogens with zero attached hydrogens (tertiary/aromatic N) is 2. The van der Waals surface area contributed by atoms with Crippen LogP contribution < -0.4 is 0 Å². The largest absolute Gasteiger partial charge is 0.298 e. The molecule has 0 aromatic carbocycles. The highest BCUT2D eigenvalue weighted by Gasteiger charge is 2.22. The van der Waals surface area contributed by atoms with Crippen LogP contribution in [0.3, 0.4) is 0 Å². The third-order valence-electron chi connectivity index (χ3n) is 2.81. The fraction of sp³-hybridized carbons (Fsp3) is 0.571. The van der Waals surface area contributed by atoms with Gasteiger partial charge in [-0.1, -0.05) is 27.7 Å². The van der Waals surface area contributed by atoms with Crippen LogP contribution in [0.5, 0.6) is 0 Å². The molecule has 0 saturated carbocycles. The molecule has 0 N–H and O–H groups in total. The molecule has 0 radical (unpaired) electrons. The van der Waals surface area contributed by atoms with E-state index in [2.05, 4.69) is 16.8 Å². The Morgan fingerprint density at radius 1 is 1.29 bits per heavy atom. The number of hydrogen-bond donors (Lipinski definition) is 0. The van der Waals surface area contributed by atoms with Gasteiger partial charge in [-0.3, -0.25) is 14.7 Å². The number of hydrogen-bond acceptors (Lipinski definition) is 3. The topological polar surface area (TPSA) is 33.2 Å². The summed E-state index contributed by atoms with van der Waals surface area (Å²) in [5.74, 6) is 0.286. The zero-order valence-corrected chi connectivity index (χ0v) is 11.2. The van der Waals surface area contributed by atoms with Crippen molar-refractivity contribution in [2.75, 3.05) is 13.1 Å². The zero-order chi connectivity index (χ0) is 12.9. The molecule has 0 aliphatic heterocycles. The second kappa shape index (κ2) is 5.92. The van der Waals surface area contributed by atoms with Crippen LogP contribution in [0.1, 0.15) is 33.3 Å². The predicted octanol–water partition coefficient (Wildman–Crippen LogP) is 2.52. The van der Waals surface area contributed by atoms with Crippen LogP contribution in [0, 0.1) is 5.41 Å². The molecule has 1 rings (SSSR count). The van der Waals surface area contributed by atoms with Crippen molar-refractivity contribution < 1.29 is 4.79 Å². The van der Waals surface area contributed by atoms with Crippen LogP contribution in [0.4, 0.5) is 0 Å². The molecule has 0 fully saturated rings. The van der Waals surface area contributed by atoms with Crippen molar-refractivity contribution in [3.8, 4) is 0 Å².